The van der Waals surface area contributed by atoms with Crippen molar-refractivity contribution in [2.75, 3.05) is 31.6 Å². The van der Waals surface area contributed by atoms with E-state index in [0.717, 1.165) is 15.4 Å². The summed E-state index contributed by atoms with van der Waals surface area (Å²) in [4.78, 5) is 28.6. The highest BCUT2D eigenvalue weighted by Gasteiger charge is 2.33. The number of aryl methyl sites for hydroxylation is 1. The smallest absolute Gasteiger partial charge is 0.264 e. The van der Waals surface area contributed by atoms with Crippen LogP contribution in [0, 0.1) is 12.8 Å². The molecule has 0 saturated carbocycles. The number of sulfonamides is 1. The van der Waals surface area contributed by atoms with Gasteiger partial charge in [0, 0.05) is 13.1 Å². The van der Waals surface area contributed by atoms with Gasteiger partial charge in [-0.25, -0.2) is 8.42 Å². The van der Waals surface area contributed by atoms with Crippen molar-refractivity contribution in [2.24, 2.45) is 5.92 Å². The molecule has 0 aliphatic heterocycles. The highest BCUT2D eigenvalue weighted by atomic mass is 32.2. The zero-order chi connectivity index (χ0) is 30.2. The molecular formula is C31H39N3O6S. The average Bonchev–Trinajstić information content (AvgIpc) is 2.97. The summed E-state index contributed by atoms with van der Waals surface area (Å²) >= 11 is 0. The number of hydrogen-bond donors (Lipinski definition) is 1. The molecule has 10 heteroatoms. The van der Waals surface area contributed by atoms with Crippen LogP contribution in [0.3, 0.4) is 0 Å². The number of hydrogen-bond acceptors (Lipinski definition) is 6. The second kappa shape index (κ2) is 14.0. The van der Waals surface area contributed by atoms with Crippen molar-refractivity contribution in [1.29, 1.82) is 0 Å². The number of amides is 2. The minimum Gasteiger partial charge on any atom is -0.497 e. The van der Waals surface area contributed by atoms with Gasteiger partial charge in [-0.15, -0.1) is 0 Å². The SMILES string of the molecule is COc1ccc(CN(C(=O)CN(c2cc(C)ccc2OC)S(=O)(=O)c2ccccc2)[C@H](C)C(=O)NCC(C)C)cc1. The summed E-state index contributed by atoms with van der Waals surface area (Å²) in [5, 5.41) is 2.88. The summed E-state index contributed by atoms with van der Waals surface area (Å²) in [6, 6.07) is 19.3. The Morgan fingerprint density at radius 3 is 2.15 bits per heavy atom. The predicted octanol–water partition coefficient (Wildman–Crippen LogP) is 4.40. The molecule has 0 aliphatic rings. The van der Waals surface area contributed by atoms with Crippen LogP contribution >= 0.6 is 0 Å². The lowest BCUT2D eigenvalue weighted by atomic mass is 10.1. The van der Waals surface area contributed by atoms with Gasteiger partial charge in [-0.05, 0) is 67.3 Å². The molecule has 3 aromatic rings. The maximum Gasteiger partial charge on any atom is 0.264 e. The van der Waals surface area contributed by atoms with Crippen molar-refractivity contribution in [3.63, 3.8) is 0 Å². The minimum atomic E-state index is -4.19. The van der Waals surface area contributed by atoms with Crippen molar-refractivity contribution >= 4 is 27.5 Å². The Morgan fingerprint density at radius 2 is 1.56 bits per heavy atom. The van der Waals surface area contributed by atoms with Crippen LogP contribution in [0.15, 0.2) is 77.7 Å². The summed E-state index contributed by atoms with van der Waals surface area (Å²) in [6.07, 6.45) is 0. The van der Waals surface area contributed by atoms with Gasteiger partial charge in [-0.3, -0.25) is 13.9 Å². The Labute approximate surface area is 243 Å². The second-order valence-electron chi connectivity index (χ2n) is 10.2. The third-order valence-electron chi connectivity index (χ3n) is 6.58. The van der Waals surface area contributed by atoms with Crippen LogP contribution in [0.5, 0.6) is 11.5 Å². The van der Waals surface area contributed by atoms with Crippen molar-refractivity contribution in [3.05, 3.63) is 83.9 Å². The Kier molecular flexibility index (Phi) is 10.8. The van der Waals surface area contributed by atoms with E-state index in [4.69, 9.17) is 9.47 Å². The van der Waals surface area contributed by atoms with E-state index in [9.17, 15) is 18.0 Å². The van der Waals surface area contributed by atoms with Gasteiger partial charge >= 0.3 is 0 Å². The number of anilines is 1. The first-order chi connectivity index (χ1) is 19.5. The lowest BCUT2D eigenvalue weighted by molar-refractivity contribution is -0.139. The fourth-order valence-electron chi connectivity index (χ4n) is 4.19. The van der Waals surface area contributed by atoms with Crippen molar-refractivity contribution < 1.29 is 27.5 Å². The number of rotatable bonds is 13. The van der Waals surface area contributed by atoms with Crippen molar-refractivity contribution in [1.82, 2.24) is 10.2 Å². The normalized spacial score (nSPS) is 12.0. The van der Waals surface area contributed by atoms with E-state index in [0.29, 0.717) is 18.0 Å². The monoisotopic (exact) mass is 581 g/mol. The standard InChI is InChI=1S/C31H39N3O6S/c1-22(2)19-32-31(36)24(4)33(20-25-13-15-26(39-5)16-14-25)30(35)21-34(28-18-23(3)12-17-29(28)40-6)41(37,38)27-10-8-7-9-11-27/h7-18,22,24H,19-21H2,1-6H3,(H,32,36)/t24-/m1/s1. The van der Waals surface area contributed by atoms with Crippen LogP contribution in [0.4, 0.5) is 5.69 Å². The molecule has 1 N–H and O–H groups in total. The largest absolute Gasteiger partial charge is 0.497 e. The number of carbonyl (C=O) groups excluding carboxylic acids is 2. The van der Waals surface area contributed by atoms with Gasteiger partial charge in [-0.1, -0.05) is 50.2 Å². The Hall–Kier alpha value is -4.05. The lowest BCUT2D eigenvalue weighted by Crippen LogP contribution is -2.51. The molecule has 0 aromatic heterocycles. The molecule has 2 amide bonds. The molecule has 0 saturated heterocycles. The molecule has 3 rings (SSSR count). The molecule has 0 fully saturated rings. The second-order valence-corrected chi connectivity index (χ2v) is 12.0. The van der Waals surface area contributed by atoms with Gasteiger partial charge in [0.15, 0.2) is 0 Å². The highest BCUT2D eigenvalue weighted by Crippen LogP contribution is 2.33. The lowest BCUT2D eigenvalue weighted by Gasteiger charge is -2.32. The third-order valence-corrected chi connectivity index (χ3v) is 8.35. The van der Waals surface area contributed by atoms with E-state index in [2.05, 4.69) is 5.32 Å². The number of nitrogens with zero attached hydrogens (tertiary/aromatic N) is 2. The van der Waals surface area contributed by atoms with E-state index in [1.54, 1.807) is 74.7 Å². The first-order valence-corrected chi connectivity index (χ1v) is 14.8. The van der Waals surface area contributed by atoms with Crippen LogP contribution < -0.4 is 19.1 Å². The molecule has 1 atom stereocenters. The molecule has 9 nitrogen and oxygen atoms in total. The van der Waals surface area contributed by atoms with Gasteiger partial charge in [0.05, 0.1) is 24.8 Å². The van der Waals surface area contributed by atoms with Crippen LogP contribution in [0.1, 0.15) is 31.9 Å². The fourth-order valence-corrected chi connectivity index (χ4v) is 5.63. The Bertz CT molecular complexity index is 1430. The zero-order valence-corrected chi connectivity index (χ0v) is 25.3. The molecule has 0 spiro atoms. The summed E-state index contributed by atoms with van der Waals surface area (Å²) < 4.78 is 39.8. The molecule has 0 unspecified atom stereocenters. The Morgan fingerprint density at radius 1 is 0.902 bits per heavy atom. The van der Waals surface area contributed by atoms with E-state index in [1.807, 2.05) is 20.8 Å². The molecule has 0 aliphatic carbocycles. The average molecular weight is 582 g/mol. The van der Waals surface area contributed by atoms with Crippen LogP contribution in [-0.2, 0) is 26.2 Å². The number of methoxy groups -OCH3 is 2. The molecule has 41 heavy (non-hydrogen) atoms. The first kappa shape index (κ1) is 31.5. The predicted molar refractivity (Wildman–Crippen MR) is 160 cm³/mol. The van der Waals surface area contributed by atoms with Crippen LogP contribution in [-0.4, -0.2) is 58.5 Å². The molecular weight excluding hydrogens is 542 g/mol. The molecule has 0 radical (unpaired) electrons. The number of nitrogens with one attached hydrogen (secondary N) is 1. The third kappa shape index (κ3) is 8.00. The van der Waals surface area contributed by atoms with Crippen LogP contribution in [0.2, 0.25) is 0 Å². The molecule has 220 valence electrons. The maximum atomic E-state index is 14.1. The molecule has 0 bridgehead atoms. The number of carbonyl (C=O) groups is 2. The number of ether oxygens (including phenoxy) is 2. The van der Waals surface area contributed by atoms with E-state index in [-0.39, 0.29) is 29.0 Å². The van der Waals surface area contributed by atoms with Gasteiger partial charge in [0.1, 0.15) is 24.1 Å². The summed E-state index contributed by atoms with van der Waals surface area (Å²) in [6.45, 7) is 7.41. The molecule has 3 aromatic carbocycles. The Balaban J connectivity index is 2.06. The summed E-state index contributed by atoms with van der Waals surface area (Å²) in [7, 11) is -1.18. The van der Waals surface area contributed by atoms with E-state index in [1.165, 1.54) is 24.1 Å². The van der Waals surface area contributed by atoms with E-state index >= 15 is 0 Å². The topological polar surface area (TPSA) is 105 Å². The van der Waals surface area contributed by atoms with Gasteiger partial charge in [0.2, 0.25) is 11.8 Å². The van der Waals surface area contributed by atoms with Gasteiger partial charge in [0.25, 0.3) is 10.0 Å². The summed E-state index contributed by atoms with van der Waals surface area (Å²) in [5.41, 5.74) is 1.78. The maximum absolute atomic E-state index is 14.1. The van der Waals surface area contributed by atoms with Gasteiger partial charge < -0.3 is 19.7 Å². The highest BCUT2D eigenvalue weighted by molar-refractivity contribution is 7.92. The summed E-state index contributed by atoms with van der Waals surface area (Å²) in [5.74, 6) is 0.299. The molecule has 0 heterocycles. The zero-order valence-electron chi connectivity index (χ0n) is 24.5. The number of benzene rings is 3. The van der Waals surface area contributed by atoms with Crippen molar-refractivity contribution in [3.8, 4) is 11.5 Å². The minimum absolute atomic E-state index is 0.0285. The van der Waals surface area contributed by atoms with E-state index < -0.39 is 28.5 Å². The first-order valence-electron chi connectivity index (χ1n) is 13.4. The van der Waals surface area contributed by atoms with Crippen molar-refractivity contribution in [2.45, 2.75) is 45.2 Å². The fraction of sp³-hybridized carbons (Fsp3) is 0.355. The van der Waals surface area contributed by atoms with Gasteiger partial charge in [-0.2, -0.15) is 0 Å². The van der Waals surface area contributed by atoms with Crippen LogP contribution in [0.25, 0.3) is 0 Å². The quantitative estimate of drug-likeness (QED) is 0.321.